The van der Waals surface area contributed by atoms with Crippen LogP contribution in [0.3, 0.4) is 0 Å². The fraction of sp³-hybridized carbons (Fsp3) is 0.154. The molecule has 2 amide bonds. The number of carboxylic acid groups (broad SMARTS) is 1. The highest BCUT2D eigenvalue weighted by atomic mass is 32.1. The third-order valence-corrected chi connectivity index (χ3v) is 3.84. The van der Waals surface area contributed by atoms with Crippen molar-refractivity contribution in [2.24, 2.45) is 5.73 Å². The predicted octanol–water partition coefficient (Wildman–Crippen LogP) is 1.10. The maximum absolute atomic E-state index is 13.5. The molecule has 1 aromatic heterocycles. The molecule has 0 saturated carbocycles. The molecule has 0 aliphatic rings. The minimum atomic E-state index is -1.41. The third kappa shape index (κ3) is 3.34. The van der Waals surface area contributed by atoms with Crippen molar-refractivity contribution in [1.82, 2.24) is 5.32 Å². The molecule has 2 rings (SSSR count). The monoisotopic (exact) mass is 310 g/mol. The standard InChI is InChI=1S/C13H11FN2O4S/c14-7-2-1-3-9-6(7)4-10(21-9)12(18)16-8(13(19)20)5-11(15)17/h1-4,8H,5H2,(H2,15,17)(H,16,18)(H,19,20)/t8-/m0/s1. The Morgan fingerprint density at radius 3 is 2.67 bits per heavy atom. The summed E-state index contributed by atoms with van der Waals surface area (Å²) in [6.45, 7) is 0. The van der Waals surface area contributed by atoms with Crippen LogP contribution in [0.25, 0.3) is 10.1 Å². The first-order valence-electron chi connectivity index (χ1n) is 5.88. The van der Waals surface area contributed by atoms with Crippen LogP contribution in [-0.2, 0) is 9.59 Å². The highest BCUT2D eigenvalue weighted by Crippen LogP contribution is 2.27. The molecule has 1 atom stereocenters. The Hall–Kier alpha value is -2.48. The first kappa shape index (κ1) is 14.9. The first-order valence-corrected chi connectivity index (χ1v) is 6.70. The zero-order chi connectivity index (χ0) is 15.6. The maximum atomic E-state index is 13.5. The summed E-state index contributed by atoms with van der Waals surface area (Å²) >= 11 is 1.03. The second kappa shape index (κ2) is 5.88. The summed E-state index contributed by atoms with van der Waals surface area (Å²) < 4.78 is 14.1. The van der Waals surface area contributed by atoms with E-state index < -0.39 is 36.1 Å². The van der Waals surface area contributed by atoms with E-state index in [1.807, 2.05) is 0 Å². The summed E-state index contributed by atoms with van der Waals surface area (Å²) in [7, 11) is 0. The smallest absolute Gasteiger partial charge is 0.326 e. The second-order valence-electron chi connectivity index (χ2n) is 4.30. The quantitative estimate of drug-likeness (QED) is 0.768. The molecule has 0 bridgehead atoms. The lowest BCUT2D eigenvalue weighted by Gasteiger charge is -2.11. The van der Waals surface area contributed by atoms with E-state index in [9.17, 15) is 18.8 Å². The van der Waals surface area contributed by atoms with E-state index in [0.29, 0.717) is 4.70 Å². The number of nitrogens with one attached hydrogen (secondary N) is 1. The molecule has 21 heavy (non-hydrogen) atoms. The molecule has 1 aromatic carbocycles. The highest BCUT2D eigenvalue weighted by molar-refractivity contribution is 7.20. The van der Waals surface area contributed by atoms with Gasteiger partial charge in [0.2, 0.25) is 5.91 Å². The van der Waals surface area contributed by atoms with Gasteiger partial charge in [0, 0.05) is 10.1 Å². The lowest BCUT2D eigenvalue weighted by atomic mass is 10.2. The molecule has 110 valence electrons. The van der Waals surface area contributed by atoms with E-state index >= 15 is 0 Å². The summed E-state index contributed by atoms with van der Waals surface area (Å²) in [5, 5.41) is 11.4. The molecule has 0 fully saturated rings. The number of fused-ring (bicyclic) bond motifs is 1. The summed E-state index contributed by atoms with van der Waals surface area (Å²) in [6, 6.07) is 4.36. The number of amides is 2. The maximum Gasteiger partial charge on any atom is 0.326 e. The molecule has 0 radical (unpaired) electrons. The second-order valence-corrected chi connectivity index (χ2v) is 5.38. The Labute approximate surface area is 122 Å². The Kier molecular flexibility index (Phi) is 4.18. The number of rotatable bonds is 5. The van der Waals surface area contributed by atoms with Gasteiger partial charge in [0.15, 0.2) is 0 Å². The van der Waals surface area contributed by atoms with Gasteiger partial charge in [-0.2, -0.15) is 0 Å². The fourth-order valence-corrected chi connectivity index (χ4v) is 2.75. The summed E-state index contributed by atoms with van der Waals surface area (Å²) in [4.78, 5) is 33.9. The minimum Gasteiger partial charge on any atom is -0.480 e. The number of thiophene rings is 1. The molecule has 6 nitrogen and oxygen atoms in total. The van der Waals surface area contributed by atoms with E-state index in [1.54, 1.807) is 6.07 Å². The first-order chi connectivity index (χ1) is 9.88. The number of aliphatic carboxylic acids is 1. The normalized spacial score (nSPS) is 12.0. The van der Waals surface area contributed by atoms with E-state index in [-0.39, 0.29) is 10.3 Å². The third-order valence-electron chi connectivity index (χ3n) is 2.74. The van der Waals surface area contributed by atoms with Gasteiger partial charge in [-0.05, 0) is 18.2 Å². The van der Waals surface area contributed by atoms with Crippen LogP contribution in [0.5, 0.6) is 0 Å². The van der Waals surface area contributed by atoms with E-state index in [1.165, 1.54) is 18.2 Å². The van der Waals surface area contributed by atoms with Gasteiger partial charge in [0.25, 0.3) is 5.91 Å². The fourth-order valence-electron chi connectivity index (χ4n) is 1.77. The van der Waals surface area contributed by atoms with Crippen LogP contribution >= 0.6 is 11.3 Å². The van der Waals surface area contributed by atoms with Crippen molar-refractivity contribution in [3.8, 4) is 0 Å². The van der Waals surface area contributed by atoms with Gasteiger partial charge in [0.05, 0.1) is 11.3 Å². The van der Waals surface area contributed by atoms with Gasteiger partial charge < -0.3 is 16.2 Å². The zero-order valence-electron chi connectivity index (χ0n) is 10.6. The van der Waals surface area contributed by atoms with Gasteiger partial charge in [0.1, 0.15) is 11.9 Å². The number of benzene rings is 1. The lowest BCUT2D eigenvalue weighted by molar-refractivity contribution is -0.140. The van der Waals surface area contributed by atoms with Crippen molar-refractivity contribution in [3.63, 3.8) is 0 Å². The molecule has 8 heteroatoms. The van der Waals surface area contributed by atoms with Crippen LogP contribution in [-0.4, -0.2) is 28.9 Å². The van der Waals surface area contributed by atoms with Crippen molar-refractivity contribution >= 4 is 39.2 Å². The number of carboxylic acids is 1. The molecule has 0 aliphatic carbocycles. The molecular formula is C13H11FN2O4S. The average Bonchev–Trinajstić information content (AvgIpc) is 2.82. The largest absolute Gasteiger partial charge is 0.480 e. The van der Waals surface area contributed by atoms with Crippen molar-refractivity contribution in [1.29, 1.82) is 0 Å². The van der Waals surface area contributed by atoms with E-state index in [0.717, 1.165) is 11.3 Å². The zero-order valence-corrected chi connectivity index (χ0v) is 11.4. The summed E-state index contributed by atoms with van der Waals surface area (Å²) in [5.41, 5.74) is 4.93. The van der Waals surface area contributed by atoms with Gasteiger partial charge in [-0.25, -0.2) is 9.18 Å². The van der Waals surface area contributed by atoms with Crippen LogP contribution in [0.4, 0.5) is 4.39 Å². The van der Waals surface area contributed by atoms with Crippen LogP contribution in [0.1, 0.15) is 16.1 Å². The Bertz CT molecular complexity index is 728. The molecule has 0 aliphatic heterocycles. The van der Waals surface area contributed by atoms with Crippen LogP contribution in [0.15, 0.2) is 24.3 Å². The van der Waals surface area contributed by atoms with Crippen molar-refractivity contribution < 1.29 is 23.9 Å². The van der Waals surface area contributed by atoms with Crippen molar-refractivity contribution in [2.45, 2.75) is 12.5 Å². The average molecular weight is 310 g/mol. The number of halogens is 1. The number of nitrogens with two attached hydrogens (primary N) is 1. The van der Waals surface area contributed by atoms with Crippen LogP contribution < -0.4 is 11.1 Å². The number of carbonyl (C=O) groups excluding carboxylic acids is 2. The van der Waals surface area contributed by atoms with Gasteiger partial charge >= 0.3 is 5.97 Å². The molecule has 0 spiro atoms. The van der Waals surface area contributed by atoms with E-state index in [4.69, 9.17) is 10.8 Å². The van der Waals surface area contributed by atoms with Crippen molar-refractivity contribution in [3.05, 3.63) is 35.0 Å². The molecule has 0 unspecified atom stereocenters. The lowest BCUT2D eigenvalue weighted by Crippen LogP contribution is -2.43. The number of primary amides is 1. The predicted molar refractivity (Wildman–Crippen MR) is 74.5 cm³/mol. The van der Waals surface area contributed by atoms with Crippen LogP contribution in [0.2, 0.25) is 0 Å². The highest BCUT2D eigenvalue weighted by Gasteiger charge is 2.23. The van der Waals surface area contributed by atoms with E-state index in [2.05, 4.69) is 5.32 Å². The van der Waals surface area contributed by atoms with Gasteiger partial charge in [-0.1, -0.05) is 6.07 Å². The topological polar surface area (TPSA) is 109 Å². The molecule has 1 heterocycles. The van der Waals surface area contributed by atoms with Crippen LogP contribution in [0, 0.1) is 5.82 Å². The Morgan fingerprint density at radius 1 is 1.38 bits per heavy atom. The number of hydrogen-bond acceptors (Lipinski definition) is 4. The Morgan fingerprint density at radius 2 is 2.10 bits per heavy atom. The Balaban J connectivity index is 2.23. The summed E-state index contributed by atoms with van der Waals surface area (Å²) in [5.74, 6) is -3.36. The van der Waals surface area contributed by atoms with Gasteiger partial charge in [-0.15, -0.1) is 11.3 Å². The molecular weight excluding hydrogens is 299 g/mol. The van der Waals surface area contributed by atoms with Gasteiger partial charge in [-0.3, -0.25) is 9.59 Å². The number of carbonyl (C=O) groups is 3. The summed E-state index contributed by atoms with van der Waals surface area (Å²) in [6.07, 6.45) is -0.514. The minimum absolute atomic E-state index is 0.158. The van der Waals surface area contributed by atoms with Crippen molar-refractivity contribution in [2.75, 3.05) is 0 Å². The molecule has 2 aromatic rings. The SMILES string of the molecule is NC(=O)C[C@H](NC(=O)c1cc2c(F)cccc2s1)C(=O)O. The molecule has 0 saturated heterocycles. The number of hydrogen-bond donors (Lipinski definition) is 3. The molecule has 4 N–H and O–H groups in total.